The van der Waals surface area contributed by atoms with Gasteiger partial charge in [0.1, 0.15) is 0 Å². The molecule has 1 aromatic rings. The van der Waals surface area contributed by atoms with Crippen LogP contribution in [0.15, 0.2) is 21.9 Å². The third-order valence-corrected chi connectivity index (χ3v) is 2.30. The van der Waals surface area contributed by atoms with E-state index in [1.807, 2.05) is 7.05 Å². The first-order valence-electron chi connectivity index (χ1n) is 5.08. The Bertz CT molecular complexity index is 419. The van der Waals surface area contributed by atoms with Crippen LogP contribution in [-0.4, -0.2) is 22.7 Å². The lowest BCUT2D eigenvalue weighted by atomic mass is 10.3. The summed E-state index contributed by atoms with van der Waals surface area (Å²) >= 11 is 0. The molecule has 0 aromatic carbocycles. The van der Waals surface area contributed by atoms with E-state index in [-0.39, 0.29) is 11.2 Å². The molecular formula is C10H17N3O2. The number of aromatic nitrogens is 2. The minimum atomic E-state index is -0.244. The van der Waals surface area contributed by atoms with Crippen LogP contribution in [0.25, 0.3) is 0 Å². The fraction of sp³-hybridized carbons (Fsp3) is 0.600. The third-order valence-electron chi connectivity index (χ3n) is 2.30. The summed E-state index contributed by atoms with van der Waals surface area (Å²) in [5, 5.41) is 3.02. The molecule has 1 aromatic heterocycles. The number of rotatable bonds is 5. The summed E-state index contributed by atoms with van der Waals surface area (Å²) in [6.45, 7) is 1.40. The van der Waals surface area contributed by atoms with Crippen molar-refractivity contribution in [3.63, 3.8) is 0 Å². The van der Waals surface area contributed by atoms with Gasteiger partial charge in [0.2, 0.25) is 0 Å². The highest BCUT2D eigenvalue weighted by Crippen LogP contribution is 1.88. The van der Waals surface area contributed by atoms with Crippen molar-refractivity contribution in [3.8, 4) is 0 Å². The van der Waals surface area contributed by atoms with Crippen LogP contribution in [0, 0.1) is 0 Å². The van der Waals surface area contributed by atoms with Crippen LogP contribution in [-0.2, 0) is 13.6 Å². The quantitative estimate of drug-likeness (QED) is 0.671. The highest BCUT2D eigenvalue weighted by molar-refractivity contribution is 4.85. The molecule has 0 bridgehead atoms. The van der Waals surface area contributed by atoms with Crippen molar-refractivity contribution in [1.82, 2.24) is 14.5 Å². The molecule has 0 spiro atoms. The van der Waals surface area contributed by atoms with Crippen molar-refractivity contribution in [1.29, 1.82) is 0 Å². The van der Waals surface area contributed by atoms with Crippen LogP contribution in [0.2, 0.25) is 0 Å². The first-order chi connectivity index (χ1) is 7.16. The van der Waals surface area contributed by atoms with Gasteiger partial charge in [0.15, 0.2) is 0 Å². The Balaban J connectivity index is 2.72. The number of aryl methyl sites for hydroxylation is 1. The van der Waals surface area contributed by atoms with E-state index in [9.17, 15) is 9.59 Å². The summed E-state index contributed by atoms with van der Waals surface area (Å²) in [6, 6.07) is 1.42. The maximum Gasteiger partial charge on any atom is 0.330 e. The molecular weight excluding hydrogens is 194 g/mol. The molecule has 0 amide bonds. The van der Waals surface area contributed by atoms with E-state index in [0.29, 0.717) is 6.54 Å². The van der Waals surface area contributed by atoms with Crippen molar-refractivity contribution in [2.24, 2.45) is 7.05 Å². The van der Waals surface area contributed by atoms with E-state index in [1.165, 1.54) is 21.4 Å². The Morgan fingerprint density at radius 3 is 2.73 bits per heavy atom. The summed E-state index contributed by atoms with van der Waals surface area (Å²) in [4.78, 5) is 23.0. The van der Waals surface area contributed by atoms with Crippen LogP contribution < -0.4 is 16.6 Å². The van der Waals surface area contributed by atoms with Gasteiger partial charge < -0.3 is 9.88 Å². The van der Waals surface area contributed by atoms with Crippen LogP contribution in [0.4, 0.5) is 0 Å². The SMILES string of the molecule is CNCCCCn1c(=O)ccn(C)c1=O. The maximum atomic E-state index is 11.6. The molecule has 84 valence electrons. The van der Waals surface area contributed by atoms with Gasteiger partial charge >= 0.3 is 5.69 Å². The molecule has 0 aliphatic carbocycles. The first kappa shape index (κ1) is 11.7. The average Bonchev–Trinajstić information content (AvgIpc) is 2.23. The number of unbranched alkanes of at least 4 members (excludes halogenated alkanes) is 1. The maximum absolute atomic E-state index is 11.6. The monoisotopic (exact) mass is 211 g/mol. The third kappa shape index (κ3) is 3.06. The van der Waals surface area contributed by atoms with Gasteiger partial charge in [-0.3, -0.25) is 9.36 Å². The van der Waals surface area contributed by atoms with Gasteiger partial charge in [-0.2, -0.15) is 0 Å². The van der Waals surface area contributed by atoms with E-state index in [0.717, 1.165) is 19.4 Å². The number of hydrogen-bond acceptors (Lipinski definition) is 3. The molecule has 0 aliphatic rings. The van der Waals surface area contributed by atoms with E-state index < -0.39 is 0 Å². The van der Waals surface area contributed by atoms with E-state index in [2.05, 4.69) is 5.32 Å². The molecule has 0 saturated heterocycles. The Morgan fingerprint density at radius 2 is 2.07 bits per heavy atom. The predicted molar refractivity (Wildman–Crippen MR) is 59.1 cm³/mol. The van der Waals surface area contributed by atoms with Crippen molar-refractivity contribution >= 4 is 0 Å². The minimum absolute atomic E-state index is 0.220. The molecule has 0 radical (unpaired) electrons. The zero-order valence-electron chi connectivity index (χ0n) is 9.19. The molecule has 0 unspecified atom stereocenters. The molecule has 0 atom stereocenters. The topological polar surface area (TPSA) is 56.0 Å². The molecule has 0 saturated carbocycles. The lowest BCUT2D eigenvalue weighted by Crippen LogP contribution is -2.38. The van der Waals surface area contributed by atoms with Crippen LogP contribution in [0.1, 0.15) is 12.8 Å². The standard InChI is InChI=1S/C10H17N3O2/c1-11-6-3-4-7-13-9(14)5-8-12(2)10(13)15/h5,8,11H,3-4,6-7H2,1-2H3. The molecule has 0 fully saturated rings. The highest BCUT2D eigenvalue weighted by atomic mass is 16.2. The molecule has 1 rings (SSSR count). The lowest BCUT2D eigenvalue weighted by Gasteiger charge is -2.05. The van der Waals surface area contributed by atoms with Crippen LogP contribution in [0.3, 0.4) is 0 Å². The van der Waals surface area contributed by atoms with Gasteiger partial charge in [0.25, 0.3) is 5.56 Å². The van der Waals surface area contributed by atoms with Crippen molar-refractivity contribution in [3.05, 3.63) is 33.1 Å². The predicted octanol–water partition coefficient (Wildman–Crippen LogP) is -0.453. The smallest absolute Gasteiger partial charge is 0.320 e. The summed E-state index contributed by atoms with van der Waals surface area (Å²) in [7, 11) is 3.53. The molecule has 1 heterocycles. The van der Waals surface area contributed by atoms with E-state index in [4.69, 9.17) is 0 Å². The second-order valence-corrected chi connectivity index (χ2v) is 3.51. The molecule has 1 N–H and O–H groups in total. The first-order valence-corrected chi connectivity index (χ1v) is 5.08. The van der Waals surface area contributed by atoms with Gasteiger partial charge in [0.05, 0.1) is 0 Å². The fourth-order valence-corrected chi connectivity index (χ4v) is 1.39. The summed E-state index contributed by atoms with van der Waals surface area (Å²) in [6.07, 6.45) is 3.29. The van der Waals surface area contributed by atoms with Gasteiger partial charge in [-0.15, -0.1) is 0 Å². The largest absolute Gasteiger partial charge is 0.330 e. The number of hydrogen-bond donors (Lipinski definition) is 1. The average molecular weight is 211 g/mol. The lowest BCUT2D eigenvalue weighted by molar-refractivity contribution is 0.538. The second-order valence-electron chi connectivity index (χ2n) is 3.51. The highest BCUT2D eigenvalue weighted by Gasteiger charge is 2.01. The van der Waals surface area contributed by atoms with Crippen molar-refractivity contribution in [2.45, 2.75) is 19.4 Å². The van der Waals surface area contributed by atoms with Gasteiger partial charge in [0, 0.05) is 25.9 Å². The van der Waals surface area contributed by atoms with Gasteiger partial charge in [-0.1, -0.05) is 0 Å². The van der Waals surface area contributed by atoms with E-state index in [1.54, 1.807) is 7.05 Å². The Kier molecular flexibility index (Phi) is 4.30. The van der Waals surface area contributed by atoms with Crippen LogP contribution >= 0.6 is 0 Å². The summed E-state index contributed by atoms with van der Waals surface area (Å²) in [5.41, 5.74) is -0.463. The summed E-state index contributed by atoms with van der Waals surface area (Å²) in [5.74, 6) is 0. The Hall–Kier alpha value is -1.36. The van der Waals surface area contributed by atoms with E-state index >= 15 is 0 Å². The molecule has 15 heavy (non-hydrogen) atoms. The Labute approximate surface area is 88.4 Å². The molecule has 5 heteroatoms. The van der Waals surface area contributed by atoms with Crippen LogP contribution in [0.5, 0.6) is 0 Å². The Morgan fingerprint density at radius 1 is 1.33 bits per heavy atom. The van der Waals surface area contributed by atoms with Gasteiger partial charge in [-0.05, 0) is 26.4 Å². The molecule has 0 aliphatic heterocycles. The summed E-state index contributed by atoms with van der Waals surface area (Å²) < 4.78 is 2.69. The van der Waals surface area contributed by atoms with Crippen molar-refractivity contribution < 1.29 is 0 Å². The normalized spacial score (nSPS) is 10.5. The molecule has 5 nitrogen and oxygen atoms in total. The number of nitrogens with zero attached hydrogens (tertiary/aromatic N) is 2. The second kappa shape index (κ2) is 5.50. The minimum Gasteiger partial charge on any atom is -0.320 e. The van der Waals surface area contributed by atoms with Gasteiger partial charge in [-0.25, -0.2) is 4.79 Å². The van der Waals surface area contributed by atoms with Crippen molar-refractivity contribution in [2.75, 3.05) is 13.6 Å². The fourth-order valence-electron chi connectivity index (χ4n) is 1.39. The number of nitrogens with one attached hydrogen (secondary N) is 1. The zero-order chi connectivity index (χ0) is 11.3. The zero-order valence-corrected chi connectivity index (χ0v) is 9.19.